The summed E-state index contributed by atoms with van der Waals surface area (Å²) in [4.78, 5) is 25.5. The van der Waals surface area contributed by atoms with Crippen LogP contribution in [0.5, 0.6) is 11.5 Å². The van der Waals surface area contributed by atoms with Crippen molar-refractivity contribution in [2.24, 2.45) is 0 Å². The van der Waals surface area contributed by atoms with Gasteiger partial charge in [-0.15, -0.1) is 11.8 Å². The van der Waals surface area contributed by atoms with Gasteiger partial charge in [-0.1, -0.05) is 0 Å². The molecule has 1 heterocycles. The number of anilines is 1. The minimum absolute atomic E-state index is 0.0811. The summed E-state index contributed by atoms with van der Waals surface area (Å²) in [5.41, 5.74) is 0.581. The lowest BCUT2D eigenvalue weighted by atomic mass is 10.2. The van der Waals surface area contributed by atoms with Gasteiger partial charge in [-0.3, -0.25) is 9.59 Å². The Bertz CT molecular complexity index is 603. The number of ether oxygens (including phenoxy) is 2. The number of nitrogens with zero attached hydrogens (tertiary/aromatic N) is 1. The number of benzene rings is 1. The minimum Gasteiger partial charge on any atom is -0.493 e. The number of amides is 2. The Labute approximate surface area is 133 Å². The van der Waals surface area contributed by atoms with Gasteiger partial charge in [0.15, 0.2) is 11.5 Å². The molecule has 2 amide bonds. The molecule has 0 radical (unpaired) electrons. The summed E-state index contributed by atoms with van der Waals surface area (Å²) >= 11 is 1.41. The van der Waals surface area contributed by atoms with Gasteiger partial charge >= 0.3 is 0 Å². The highest BCUT2D eigenvalue weighted by molar-refractivity contribution is 8.02. The fraction of sp³-hybridized carbons (Fsp3) is 0.333. The van der Waals surface area contributed by atoms with E-state index in [0.717, 1.165) is 0 Å². The lowest BCUT2D eigenvalue weighted by Gasteiger charge is -2.27. The van der Waals surface area contributed by atoms with E-state index >= 15 is 0 Å². The molecule has 1 unspecified atom stereocenters. The van der Waals surface area contributed by atoms with Crippen LogP contribution in [0.25, 0.3) is 0 Å². The van der Waals surface area contributed by atoms with Crippen molar-refractivity contribution in [2.45, 2.75) is 13.0 Å². The van der Waals surface area contributed by atoms with Crippen LogP contribution in [0.1, 0.15) is 6.92 Å². The SMILES string of the molecule is COc1ccc(NC(=O)C(C)N2C=CSCC2=O)cc1OC. The summed E-state index contributed by atoms with van der Waals surface area (Å²) in [5, 5.41) is 4.58. The van der Waals surface area contributed by atoms with Gasteiger partial charge in [0.25, 0.3) is 0 Å². The maximum atomic E-state index is 12.3. The van der Waals surface area contributed by atoms with Gasteiger partial charge in [0, 0.05) is 18.0 Å². The molecular weight excluding hydrogens is 304 g/mol. The first-order valence-electron chi connectivity index (χ1n) is 6.69. The highest BCUT2D eigenvalue weighted by atomic mass is 32.2. The molecule has 1 aliphatic heterocycles. The maximum Gasteiger partial charge on any atom is 0.247 e. The van der Waals surface area contributed by atoms with E-state index in [9.17, 15) is 9.59 Å². The van der Waals surface area contributed by atoms with Crippen LogP contribution in [0, 0.1) is 0 Å². The number of thioether (sulfide) groups is 1. The first-order valence-corrected chi connectivity index (χ1v) is 7.74. The van der Waals surface area contributed by atoms with Crippen molar-refractivity contribution in [1.82, 2.24) is 4.90 Å². The minimum atomic E-state index is -0.585. The second-order valence-electron chi connectivity index (χ2n) is 4.63. The Morgan fingerprint density at radius 2 is 2.05 bits per heavy atom. The number of hydrogen-bond donors (Lipinski definition) is 1. The van der Waals surface area contributed by atoms with Gasteiger partial charge in [-0.05, 0) is 24.5 Å². The van der Waals surface area contributed by atoms with Crippen LogP contribution in [-0.2, 0) is 9.59 Å². The summed E-state index contributed by atoms with van der Waals surface area (Å²) < 4.78 is 10.3. The lowest BCUT2D eigenvalue weighted by Crippen LogP contribution is -2.44. The summed E-state index contributed by atoms with van der Waals surface area (Å²) in [6.07, 6.45) is 1.63. The number of methoxy groups -OCH3 is 2. The first kappa shape index (κ1) is 16.2. The molecule has 1 aromatic rings. The maximum absolute atomic E-state index is 12.3. The van der Waals surface area contributed by atoms with Gasteiger partial charge in [0.05, 0.1) is 20.0 Å². The molecule has 1 N–H and O–H groups in total. The van der Waals surface area contributed by atoms with Crippen molar-refractivity contribution < 1.29 is 19.1 Å². The number of carbonyl (C=O) groups excluding carboxylic acids is 2. The van der Waals surface area contributed by atoms with Gasteiger partial charge in [-0.2, -0.15) is 0 Å². The summed E-state index contributed by atoms with van der Waals surface area (Å²) in [7, 11) is 3.07. The zero-order chi connectivity index (χ0) is 16.1. The molecule has 0 aromatic heterocycles. The van der Waals surface area contributed by atoms with Crippen molar-refractivity contribution >= 4 is 29.3 Å². The molecular formula is C15H18N2O4S. The molecule has 1 aromatic carbocycles. The average molecular weight is 322 g/mol. The third kappa shape index (κ3) is 3.54. The van der Waals surface area contributed by atoms with E-state index in [1.807, 2.05) is 5.41 Å². The molecule has 0 aliphatic carbocycles. The molecule has 2 rings (SSSR count). The third-order valence-electron chi connectivity index (χ3n) is 3.26. The molecule has 118 valence electrons. The molecule has 22 heavy (non-hydrogen) atoms. The smallest absolute Gasteiger partial charge is 0.247 e. The van der Waals surface area contributed by atoms with Gasteiger partial charge < -0.3 is 19.7 Å². The normalized spacial score (nSPS) is 15.4. The first-order chi connectivity index (χ1) is 10.6. The van der Waals surface area contributed by atoms with E-state index < -0.39 is 6.04 Å². The largest absolute Gasteiger partial charge is 0.493 e. The van der Waals surface area contributed by atoms with Crippen LogP contribution in [0.2, 0.25) is 0 Å². The van der Waals surface area contributed by atoms with Crippen molar-refractivity contribution in [1.29, 1.82) is 0 Å². The second kappa shape index (κ2) is 7.22. The van der Waals surface area contributed by atoms with Gasteiger partial charge in [0.1, 0.15) is 6.04 Å². The standard InChI is InChI=1S/C15H18N2O4S/c1-10(17-6-7-22-9-14(17)18)15(19)16-11-4-5-12(20-2)13(8-11)21-3/h4-8,10H,9H2,1-3H3,(H,16,19). The predicted octanol–water partition coefficient (Wildman–Crippen LogP) is 2.08. The Balaban J connectivity index is 2.09. The van der Waals surface area contributed by atoms with E-state index in [2.05, 4.69) is 5.32 Å². The average Bonchev–Trinajstić information content (AvgIpc) is 2.54. The fourth-order valence-corrected chi connectivity index (χ4v) is 2.62. The second-order valence-corrected chi connectivity index (χ2v) is 5.53. The van der Waals surface area contributed by atoms with Gasteiger partial charge in [-0.25, -0.2) is 0 Å². The highest BCUT2D eigenvalue weighted by Crippen LogP contribution is 2.29. The predicted molar refractivity (Wildman–Crippen MR) is 86.1 cm³/mol. The number of carbonyl (C=O) groups is 2. The van der Waals surface area contributed by atoms with Crippen LogP contribution in [0.4, 0.5) is 5.69 Å². The number of nitrogens with one attached hydrogen (secondary N) is 1. The molecule has 1 atom stereocenters. The fourth-order valence-electron chi connectivity index (χ4n) is 2.02. The molecule has 0 bridgehead atoms. The molecule has 0 saturated heterocycles. The molecule has 0 spiro atoms. The molecule has 7 heteroatoms. The number of hydrogen-bond acceptors (Lipinski definition) is 5. The monoisotopic (exact) mass is 322 g/mol. The van der Waals surface area contributed by atoms with Crippen LogP contribution in [0.3, 0.4) is 0 Å². The van der Waals surface area contributed by atoms with Crippen LogP contribution in [0.15, 0.2) is 29.8 Å². The quantitative estimate of drug-likeness (QED) is 0.899. The zero-order valence-electron chi connectivity index (χ0n) is 12.7. The Hall–Kier alpha value is -2.15. The van der Waals surface area contributed by atoms with E-state index in [-0.39, 0.29) is 11.8 Å². The Morgan fingerprint density at radius 3 is 2.68 bits per heavy atom. The number of rotatable bonds is 5. The highest BCUT2D eigenvalue weighted by Gasteiger charge is 2.25. The summed E-state index contributed by atoms with van der Waals surface area (Å²) in [6.45, 7) is 1.69. The summed E-state index contributed by atoms with van der Waals surface area (Å²) in [6, 6.07) is 4.52. The van der Waals surface area contributed by atoms with E-state index in [1.54, 1.807) is 38.4 Å². The molecule has 0 saturated carbocycles. The van der Waals surface area contributed by atoms with Crippen molar-refractivity contribution in [3.05, 3.63) is 29.8 Å². The van der Waals surface area contributed by atoms with Crippen molar-refractivity contribution in [3.63, 3.8) is 0 Å². The van der Waals surface area contributed by atoms with Crippen LogP contribution in [-0.4, -0.2) is 42.7 Å². The zero-order valence-corrected chi connectivity index (χ0v) is 13.5. The Morgan fingerprint density at radius 1 is 1.32 bits per heavy atom. The van der Waals surface area contributed by atoms with E-state index in [1.165, 1.54) is 23.8 Å². The van der Waals surface area contributed by atoms with Crippen molar-refractivity contribution in [2.75, 3.05) is 25.3 Å². The van der Waals surface area contributed by atoms with Gasteiger partial charge in [0.2, 0.25) is 11.8 Å². The van der Waals surface area contributed by atoms with Crippen LogP contribution < -0.4 is 14.8 Å². The summed E-state index contributed by atoms with van der Waals surface area (Å²) in [5.74, 6) is 1.11. The third-order valence-corrected chi connectivity index (χ3v) is 3.99. The molecule has 1 aliphatic rings. The lowest BCUT2D eigenvalue weighted by molar-refractivity contribution is -0.133. The van der Waals surface area contributed by atoms with E-state index in [0.29, 0.717) is 22.9 Å². The van der Waals surface area contributed by atoms with Crippen LogP contribution >= 0.6 is 11.8 Å². The molecule has 0 fully saturated rings. The topological polar surface area (TPSA) is 67.9 Å². The van der Waals surface area contributed by atoms with E-state index in [4.69, 9.17) is 9.47 Å². The van der Waals surface area contributed by atoms with Crippen molar-refractivity contribution in [3.8, 4) is 11.5 Å². The Kier molecular flexibility index (Phi) is 5.32. The molecule has 6 nitrogen and oxygen atoms in total.